The fourth-order valence-corrected chi connectivity index (χ4v) is 1.30. The van der Waals surface area contributed by atoms with Gasteiger partial charge in [-0.25, -0.2) is 4.79 Å². The Morgan fingerprint density at radius 1 is 1.53 bits per heavy atom. The van der Waals surface area contributed by atoms with E-state index in [9.17, 15) is 14.4 Å². The lowest BCUT2D eigenvalue weighted by Crippen LogP contribution is -2.43. The van der Waals surface area contributed by atoms with E-state index in [-0.39, 0.29) is 5.69 Å². The summed E-state index contributed by atoms with van der Waals surface area (Å²) in [5, 5.41) is 11.2. The van der Waals surface area contributed by atoms with Gasteiger partial charge in [0.1, 0.15) is 11.7 Å². The molecular weight excluding hydrogens is 250 g/mol. The number of halogens is 1. The predicted octanol–water partition coefficient (Wildman–Crippen LogP) is -0.274. The van der Waals surface area contributed by atoms with E-state index in [1.165, 1.54) is 12.3 Å². The first kappa shape index (κ1) is 13.0. The number of carboxylic acids is 1. The molecule has 8 heteroatoms. The molecule has 0 bridgehead atoms. The van der Waals surface area contributed by atoms with Crippen LogP contribution in [0.4, 0.5) is 0 Å². The second kappa shape index (κ2) is 5.35. The summed E-state index contributed by atoms with van der Waals surface area (Å²) in [6, 6.07) is -0.0258. The third kappa shape index (κ3) is 3.80. The highest BCUT2D eigenvalue weighted by atomic mass is 35.5. The van der Waals surface area contributed by atoms with Gasteiger partial charge in [0.25, 0.3) is 5.91 Å². The van der Waals surface area contributed by atoms with Crippen molar-refractivity contribution in [3.63, 3.8) is 0 Å². The number of rotatable bonds is 5. The number of carbonyl (C=O) groups excluding carboxylic acids is 2. The van der Waals surface area contributed by atoms with Crippen LogP contribution in [0.25, 0.3) is 0 Å². The van der Waals surface area contributed by atoms with Crippen LogP contribution in [0.5, 0.6) is 0 Å². The van der Waals surface area contributed by atoms with Gasteiger partial charge in [0, 0.05) is 6.20 Å². The van der Waals surface area contributed by atoms with Gasteiger partial charge in [0.15, 0.2) is 0 Å². The van der Waals surface area contributed by atoms with Gasteiger partial charge in [0.05, 0.1) is 11.4 Å². The molecule has 1 rings (SSSR count). The number of nitrogens with one attached hydrogen (secondary N) is 2. The monoisotopic (exact) mass is 259 g/mol. The molecule has 0 saturated heterocycles. The normalized spacial score (nSPS) is 11.8. The van der Waals surface area contributed by atoms with Gasteiger partial charge in [-0.2, -0.15) is 0 Å². The summed E-state index contributed by atoms with van der Waals surface area (Å²) in [5.74, 6) is -2.83. The molecule has 0 radical (unpaired) electrons. The van der Waals surface area contributed by atoms with Crippen molar-refractivity contribution in [2.45, 2.75) is 12.5 Å². The zero-order valence-electron chi connectivity index (χ0n) is 8.57. The minimum Gasteiger partial charge on any atom is -0.480 e. The van der Waals surface area contributed by atoms with Crippen molar-refractivity contribution in [2.24, 2.45) is 5.73 Å². The molecule has 7 nitrogen and oxygen atoms in total. The standard InChI is InChI=1S/C9H10ClN3O4/c10-4-1-5(12-3-4)8(15)13-6(9(16)17)2-7(11)14/h1,3,6,12H,2H2,(H2,11,14)(H,13,15)(H,16,17)/t6-/m1/s1. The third-order valence-electron chi connectivity index (χ3n) is 1.90. The summed E-state index contributed by atoms with van der Waals surface area (Å²) in [7, 11) is 0. The van der Waals surface area contributed by atoms with Crippen LogP contribution in [0, 0.1) is 0 Å². The van der Waals surface area contributed by atoms with E-state index < -0.39 is 30.2 Å². The number of nitrogens with two attached hydrogens (primary N) is 1. The van der Waals surface area contributed by atoms with Crippen LogP contribution in [0.2, 0.25) is 5.02 Å². The Morgan fingerprint density at radius 2 is 2.18 bits per heavy atom. The number of amides is 2. The highest BCUT2D eigenvalue weighted by molar-refractivity contribution is 6.31. The highest BCUT2D eigenvalue weighted by Gasteiger charge is 2.23. The van der Waals surface area contributed by atoms with E-state index in [2.05, 4.69) is 10.3 Å². The Balaban J connectivity index is 2.70. The van der Waals surface area contributed by atoms with E-state index in [0.717, 1.165) is 0 Å². The zero-order valence-corrected chi connectivity index (χ0v) is 9.32. The molecular formula is C9H10ClN3O4. The first-order chi connectivity index (χ1) is 7.90. The molecule has 0 spiro atoms. The molecule has 92 valence electrons. The Labute approximate surface area is 101 Å². The minimum absolute atomic E-state index is 0.103. The molecule has 0 aliphatic heterocycles. The van der Waals surface area contributed by atoms with Crippen molar-refractivity contribution < 1.29 is 19.5 Å². The molecule has 0 saturated carbocycles. The third-order valence-corrected chi connectivity index (χ3v) is 2.12. The van der Waals surface area contributed by atoms with Crippen LogP contribution >= 0.6 is 11.6 Å². The van der Waals surface area contributed by atoms with Crippen molar-refractivity contribution in [1.29, 1.82) is 0 Å². The van der Waals surface area contributed by atoms with Gasteiger partial charge >= 0.3 is 5.97 Å². The average molecular weight is 260 g/mol. The molecule has 0 aromatic carbocycles. The number of aromatic nitrogens is 1. The van der Waals surface area contributed by atoms with Crippen molar-refractivity contribution in [3.05, 3.63) is 23.0 Å². The maximum absolute atomic E-state index is 11.5. The SMILES string of the molecule is NC(=O)C[C@@H](NC(=O)c1cc(Cl)c[nH]1)C(=O)O. The van der Waals surface area contributed by atoms with Crippen molar-refractivity contribution in [2.75, 3.05) is 0 Å². The fraction of sp³-hybridized carbons (Fsp3) is 0.222. The Bertz CT molecular complexity index is 457. The molecule has 5 N–H and O–H groups in total. The molecule has 0 aliphatic carbocycles. The van der Waals surface area contributed by atoms with E-state index in [1.54, 1.807) is 0 Å². The summed E-state index contributed by atoms with van der Waals surface area (Å²) < 4.78 is 0. The number of hydrogen-bond donors (Lipinski definition) is 4. The predicted molar refractivity (Wildman–Crippen MR) is 58.5 cm³/mol. The second-order valence-corrected chi connectivity index (χ2v) is 3.70. The highest BCUT2D eigenvalue weighted by Crippen LogP contribution is 2.09. The lowest BCUT2D eigenvalue weighted by atomic mass is 10.2. The van der Waals surface area contributed by atoms with Crippen LogP contribution in [-0.4, -0.2) is 33.9 Å². The number of primary amides is 1. The molecule has 0 unspecified atom stereocenters. The molecule has 1 aromatic heterocycles. The van der Waals surface area contributed by atoms with Crippen LogP contribution < -0.4 is 11.1 Å². The van der Waals surface area contributed by atoms with Crippen LogP contribution in [-0.2, 0) is 9.59 Å². The van der Waals surface area contributed by atoms with Gasteiger partial charge in [-0.05, 0) is 6.07 Å². The van der Waals surface area contributed by atoms with Gasteiger partial charge in [-0.15, -0.1) is 0 Å². The topological polar surface area (TPSA) is 125 Å². The maximum Gasteiger partial charge on any atom is 0.326 e. The second-order valence-electron chi connectivity index (χ2n) is 3.27. The number of carboxylic acid groups (broad SMARTS) is 1. The molecule has 0 fully saturated rings. The first-order valence-electron chi connectivity index (χ1n) is 4.56. The molecule has 1 aromatic rings. The Morgan fingerprint density at radius 3 is 2.59 bits per heavy atom. The summed E-state index contributed by atoms with van der Waals surface area (Å²) in [5.41, 5.74) is 4.97. The van der Waals surface area contributed by atoms with Crippen molar-refractivity contribution in [3.8, 4) is 0 Å². The molecule has 0 aliphatic rings. The van der Waals surface area contributed by atoms with E-state index >= 15 is 0 Å². The summed E-state index contributed by atoms with van der Waals surface area (Å²) in [4.78, 5) is 35.5. The number of carbonyl (C=O) groups is 3. The van der Waals surface area contributed by atoms with E-state index in [1.807, 2.05) is 0 Å². The summed E-state index contributed by atoms with van der Waals surface area (Å²) in [6.45, 7) is 0. The summed E-state index contributed by atoms with van der Waals surface area (Å²) >= 11 is 5.59. The zero-order chi connectivity index (χ0) is 13.0. The Kier molecular flexibility index (Phi) is 4.11. The quantitative estimate of drug-likeness (QED) is 0.580. The lowest BCUT2D eigenvalue weighted by molar-refractivity contribution is -0.140. The van der Waals surface area contributed by atoms with Gasteiger partial charge in [-0.3, -0.25) is 9.59 Å². The van der Waals surface area contributed by atoms with Gasteiger partial charge in [0.2, 0.25) is 5.91 Å². The van der Waals surface area contributed by atoms with Gasteiger partial charge < -0.3 is 21.1 Å². The minimum atomic E-state index is -1.36. The van der Waals surface area contributed by atoms with E-state index in [0.29, 0.717) is 5.02 Å². The van der Waals surface area contributed by atoms with E-state index in [4.69, 9.17) is 22.4 Å². The molecule has 1 atom stereocenters. The number of H-pyrrole nitrogens is 1. The first-order valence-corrected chi connectivity index (χ1v) is 4.94. The van der Waals surface area contributed by atoms with Gasteiger partial charge in [-0.1, -0.05) is 11.6 Å². The molecule has 2 amide bonds. The number of aromatic amines is 1. The lowest BCUT2D eigenvalue weighted by Gasteiger charge is -2.11. The largest absolute Gasteiger partial charge is 0.480 e. The average Bonchev–Trinajstić information content (AvgIpc) is 2.63. The van der Waals surface area contributed by atoms with Crippen LogP contribution in [0.1, 0.15) is 16.9 Å². The van der Waals surface area contributed by atoms with Crippen molar-refractivity contribution in [1.82, 2.24) is 10.3 Å². The van der Waals surface area contributed by atoms with Crippen LogP contribution in [0.3, 0.4) is 0 Å². The number of aliphatic carboxylic acids is 1. The fourth-order valence-electron chi connectivity index (χ4n) is 1.14. The smallest absolute Gasteiger partial charge is 0.326 e. The number of hydrogen-bond acceptors (Lipinski definition) is 3. The summed E-state index contributed by atoms with van der Waals surface area (Å²) in [6.07, 6.45) is 0.899. The van der Waals surface area contributed by atoms with Crippen molar-refractivity contribution >= 4 is 29.4 Å². The van der Waals surface area contributed by atoms with Crippen LogP contribution in [0.15, 0.2) is 12.3 Å². The molecule has 1 heterocycles. The Hall–Kier alpha value is -2.02. The maximum atomic E-state index is 11.5. The molecule has 17 heavy (non-hydrogen) atoms.